The number of furan rings is 1. The van der Waals surface area contributed by atoms with Gasteiger partial charge in [0.05, 0.1) is 24.7 Å². The van der Waals surface area contributed by atoms with Crippen LogP contribution >= 0.6 is 24.0 Å². The highest BCUT2D eigenvalue weighted by Crippen LogP contribution is 2.16. The van der Waals surface area contributed by atoms with Gasteiger partial charge in [-0.3, -0.25) is 4.99 Å². The summed E-state index contributed by atoms with van der Waals surface area (Å²) in [6.07, 6.45) is 0.925. The van der Waals surface area contributed by atoms with Crippen molar-refractivity contribution >= 4 is 46.9 Å². The van der Waals surface area contributed by atoms with E-state index in [4.69, 9.17) is 9.15 Å². The van der Waals surface area contributed by atoms with Crippen molar-refractivity contribution < 1.29 is 13.9 Å². The average Bonchev–Trinajstić information content (AvgIpc) is 3.25. The molecule has 0 fully saturated rings. The van der Waals surface area contributed by atoms with Gasteiger partial charge in [-0.2, -0.15) is 0 Å². The molecule has 2 N–H and O–H groups in total. The Morgan fingerprint density at radius 3 is 2.77 bits per heavy atom. The number of carbonyl (C=O) groups is 1. The number of rotatable bonds is 7. The number of nitrogens with zero attached hydrogens (tertiary/aromatic N) is 3. The third kappa shape index (κ3) is 5.53. The second-order valence-electron chi connectivity index (χ2n) is 6.68. The highest BCUT2D eigenvalue weighted by Gasteiger charge is 2.15. The fourth-order valence-corrected chi connectivity index (χ4v) is 3.26. The van der Waals surface area contributed by atoms with E-state index in [1.807, 2.05) is 25.1 Å². The first-order valence-electron chi connectivity index (χ1n) is 9.57. The van der Waals surface area contributed by atoms with Gasteiger partial charge in [0.25, 0.3) is 0 Å². The summed E-state index contributed by atoms with van der Waals surface area (Å²) in [5, 5.41) is 6.49. The number of fused-ring (bicyclic) bond motifs is 1. The number of aliphatic imine (C=N–C) groups is 1. The average molecular weight is 525 g/mol. The monoisotopic (exact) mass is 525 g/mol. The van der Waals surface area contributed by atoms with Crippen LogP contribution in [0.25, 0.3) is 11.0 Å². The predicted molar refractivity (Wildman–Crippen MR) is 127 cm³/mol. The van der Waals surface area contributed by atoms with Crippen molar-refractivity contribution in [3.8, 4) is 0 Å². The van der Waals surface area contributed by atoms with Gasteiger partial charge >= 0.3 is 5.97 Å². The highest BCUT2D eigenvalue weighted by atomic mass is 127. The van der Waals surface area contributed by atoms with Crippen molar-refractivity contribution in [2.75, 3.05) is 20.7 Å². The number of guanidine groups is 1. The lowest BCUT2D eigenvalue weighted by Gasteiger charge is -2.12. The second kappa shape index (κ2) is 11.0. The Hall–Kier alpha value is -2.56. The number of benzene rings is 1. The number of aromatic nitrogens is 2. The van der Waals surface area contributed by atoms with E-state index in [0.29, 0.717) is 29.6 Å². The number of hydrogen-bond donors (Lipinski definition) is 2. The Morgan fingerprint density at radius 2 is 2.03 bits per heavy atom. The Balaban J connectivity index is 0.00000320. The van der Waals surface area contributed by atoms with Crippen LogP contribution in [0.3, 0.4) is 0 Å². The second-order valence-corrected chi connectivity index (χ2v) is 6.68. The molecular formula is C21H28IN5O3. The molecule has 0 amide bonds. The van der Waals surface area contributed by atoms with Gasteiger partial charge in [-0.25, -0.2) is 9.78 Å². The molecule has 2 aromatic heterocycles. The summed E-state index contributed by atoms with van der Waals surface area (Å²) in [4.78, 5) is 20.5. The number of hydrogen-bond acceptors (Lipinski definition) is 5. The molecule has 0 spiro atoms. The van der Waals surface area contributed by atoms with E-state index in [1.165, 1.54) is 7.11 Å². The Kier molecular flexibility index (Phi) is 8.70. The van der Waals surface area contributed by atoms with Crippen molar-refractivity contribution in [3.05, 3.63) is 53.2 Å². The molecular weight excluding hydrogens is 497 g/mol. The van der Waals surface area contributed by atoms with Crippen molar-refractivity contribution in [1.82, 2.24) is 20.2 Å². The minimum atomic E-state index is -0.401. The molecule has 2 heterocycles. The van der Waals surface area contributed by atoms with Crippen LogP contribution in [0.2, 0.25) is 0 Å². The summed E-state index contributed by atoms with van der Waals surface area (Å²) in [5.41, 5.74) is 2.62. The highest BCUT2D eigenvalue weighted by molar-refractivity contribution is 14.0. The molecule has 0 aliphatic heterocycles. The smallest absolute Gasteiger partial charge is 0.341 e. The molecule has 162 valence electrons. The van der Waals surface area contributed by atoms with Crippen molar-refractivity contribution in [2.24, 2.45) is 4.99 Å². The van der Waals surface area contributed by atoms with E-state index < -0.39 is 5.97 Å². The zero-order valence-electron chi connectivity index (χ0n) is 17.7. The topological polar surface area (TPSA) is 93.7 Å². The maximum atomic E-state index is 11.7. The normalized spacial score (nSPS) is 11.3. The maximum Gasteiger partial charge on any atom is 0.341 e. The van der Waals surface area contributed by atoms with E-state index in [9.17, 15) is 4.79 Å². The first kappa shape index (κ1) is 23.7. The predicted octanol–water partition coefficient (Wildman–Crippen LogP) is 3.41. The van der Waals surface area contributed by atoms with Gasteiger partial charge in [0.1, 0.15) is 22.9 Å². The van der Waals surface area contributed by atoms with Crippen LogP contribution in [-0.2, 0) is 17.8 Å². The summed E-state index contributed by atoms with van der Waals surface area (Å²) < 4.78 is 12.6. The third-order valence-corrected chi connectivity index (χ3v) is 4.72. The van der Waals surface area contributed by atoms with E-state index in [1.54, 1.807) is 20.0 Å². The largest absolute Gasteiger partial charge is 0.465 e. The standard InChI is InChI=1S/C21H27N5O3.HI/c1-14-17(20(27)28-4)12-16(29-14)13-24-21(22-3)23-10-7-11-26-15(2)25-18-8-5-6-9-19(18)26;/h5-6,8-9,12H,7,10-11,13H2,1-4H3,(H2,22,23,24);1H. The summed E-state index contributed by atoms with van der Waals surface area (Å²) in [6.45, 7) is 5.82. The van der Waals surface area contributed by atoms with Crippen molar-refractivity contribution in [2.45, 2.75) is 33.4 Å². The van der Waals surface area contributed by atoms with E-state index >= 15 is 0 Å². The van der Waals surface area contributed by atoms with Gasteiger partial charge in [-0.1, -0.05) is 12.1 Å². The SMILES string of the molecule is CN=C(NCCCn1c(C)nc2ccccc21)NCc1cc(C(=O)OC)c(C)o1.I. The van der Waals surface area contributed by atoms with E-state index in [0.717, 1.165) is 36.4 Å². The molecule has 0 atom stereocenters. The third-order valence-electron chi connectivity index (χ3n) is 4.72. The maximum absolute atomic E-state index is 11.7. The molecule has 0 radical (unpaired) electrons. The zero-order valence-corrected chi connectivity index (χ0v) is 20.0. The number of ether oxygens (including phenoxy) is 1. The molecule has 3 rings (SSSR count). The minimum absolute atomic E-state index is 0. The molecule has 0 unspecified atom stereocenters. The number of carbonyl (C=O) groups excluding carboxylic acids is 1. The number of methoxy groups -OCH3 is 1. The number of aryl methyl sites for hydroxylation is 3. The molecule has 0 bridgehead atoms. The summed E-state index contributed by atoms with van der Waals surface area (Å²) in [7, 11) is 3.07. The molecule has 0 saturated heterocycles. The molecule has 9 heteroatoms. The van der Waals surface area contributed by atoms with Crippen molar-refractivity contribution in [3.63, 3.8) is 0 Å². The Morgan fingerprint density at radius 1 is 1.27 bits per heavy atom. The lowest BCUT2D eigenvalue weighted by molar-refractivity contribution is 0.0599. The van der Waals surface area contributed by atoms with Gasteiger partial charge in [-0.15, -0.1) is 24.0 Å². The lowest BCUT2D eigenvalue weighted by Crippen LogP contribution is -2.37. The summed E-state index contributed by atoms with van der Waals surface area (Å²) >= 11 is 0. The van der Waals surface area contributed by atoms with Crippen molar-refractivity contribution in [1.29, 1.82) is 0 Å². The first-order chi connectivity index (χ1) is 14.0. The van der Waals surface area contributed by atoms with Crippen LogP contribution in [0.4, 0.5) is 0 Å². The molecule has 1 aromatic carbocycles. The molecule has 0 aliphatic carbocycles. The van der Waals surface area contributed by atoms with E-state index in [2.05, 4.69) is 31.2 Å². The van der Waals surface area contributed by atoms with Gasteiger partial charge in [0.15, 0.2) is 5.96 Å². The van der Waals surface area contributed by atoms with E-state index in [-0.39, 0.29) is 24.0 Å². The Labute approximate surface area is 193 Å². The number of esters is 1. The molecule has 8 nitrogen and oxygen atoms in total. The van der Waals surface area contributed by atoms with Crippen LogP contribution in [0.1, 0.15) is 34.1 Å². The zero-order chi connectivity index (χ0) is 20.8. The molecule has 30 heavy (non-hydrogen) atoms. The van der Waals surface area contributed by atoms with Gasteiger partial charge < -0.3 is 24.4 Å². The number of nitrogens with one attached hydrogen (secondary N) is 2. The van der Waals surface area contributed by atoms with Crippen LogP contribution in [0.5, 0.6) is 0 Å². The first-order valence-corrected chi connectivity index (χ1v) is 9.57. The van der Waals surface area contributed by atoms with Crippen LogP contribution < -0.4 is 10.6 Å². The fourth-order valence-electron chi connectivity index (χ4n) is 3.26. The van der Waals surface area contributed by atoms with Crippen LogP contribution in [0.15, 0.2) is 39.7 Å². The number of para-hydroxylation sites is 2. The number of halogens is 1. The Bertz CT molecular complexity index is 1020. The van der Waals surface area contributed by atoms with Gasteiger partial charge in [0, 0.05) is 20.1 Å². The molecule has 3 aromatic rings. The fraction of sp³-hybridized carbons (Fsp3) is 0.381. The quantitative estimate of drug-likeness (QED) is 0.162. The van der Waals surface area contributed by atoms with Crippen LogP contribution in [-0.4, -0.2) is 42.2 Å². The lowest BCUT2D eigenvalue weighted by atomic mass is 10.2. The summed E-state index contributed by atoms with van der Waals surface area (Å²) in [6, 6.07) is 9.85. The van der Waals surface area contributed by atoms with Gasteiger partial charge in [0.2, 0.25) is 0 Å². The summed E-state index contributed by atoms with van der Waals surface area (Å²) in [5.74, 6) is 2.47. The van der Waals surface area contributed by atoms with Gasteiger partial charge in [-0.05, 0) is 38.5 Å². The van der Waals surface area contributed by atoms with Crippen LogP contribution in [0, 0.1) is 13.8 Å². The number of imidazole rings is 1. The molecule has 0 saturated carbocycles. The minimum Gasteiger partial charge on any atom is -0.465 e. The molecule has 0 aliphatic rings.